The molecule has 0 fully saturated rings. The maximum absolute atomic E-state index is 12.1. The van der Waals surface area contributed by atoms with Crippen LogP contribution < -0.4 is 19.6 Å². The number of nitrogens with one attached hydrogen (secondary N) is 1. The summed E-state index contributed by atoms with van der Waals surface area (Å²) >= 11 is 0. The summed E-state index contributed by atoms with van der Waals surface area (Å²) in [5, 5.41) is 3.99. The molecule has 3 aromatic carbocycles. The molecule has 154 valence electrons. The molecule has 0 saturated carbocycles. The van der Waals surface area contributed by atoms with Gasteiger partial charge in [-0.25, -0.2) is 5.43 Å². The van der Waals surface area contributed by atoms with Crippen molar-refractivity contribution < 1.29 is 19.0 Å². The molecule has 6 nitrogen and oxygen atoms in total. The maximum atomic E-state index is 12.1. The fourth-order valence-corrected chi connectivity index (χ4v) is 2.97. The van der Waals surface area contributed by atoms with Gasteiger partial charge in [0.25, 0.3) is 5.91 Å². The second-order valence-corrected chi connectivity index (χ2v) is 6.43. The van der Waals surface area contributed by atoms with Gasteiger partial charge in [0.15, 0.2) is 18.1 Å². The first-order valence-corrected chi connectivity index (χ1v) is 9.48. The third-order valence-corrected chi connectivity index (χ3v) is 4.40. The van der Waals surface area contributed by atoms with Crippen molar-refractivity contribution in [3.05, 3.63) is 89.5 Å². The van der Waals surface area contributed by atoms with E-state index in [2.05, 4.69) is 22.7 Å². The van der Waals surface area contributed by atoms with E-state index in [0.717, 1.165) is 12.0 Å². The molecule has 3 aromatic rings. The van der Waals surface area contributed by atoms with E-state index in [-0.39, 0.29) is 12.5 Å². The fraction of sp³-hybridized carbons (Fsp3) is 0.167. The molecule has 0 aliphatic rings. The Bertz CT molecular complexity index is 1000. The molecule has 0 heterocycles. The number of methoxy groups -OCH3 is 2. The Labute approximate surface area is 176 Å². The Kier molecular flexibility index (Phi) is 7.44. The zero-order valence-electron chi connectivity index (χ0n) is 17.0. The van der Waals surface area contributed by atoms with Crippen molar-refractivity contribution in [2.75, 3.05) is 20.8 Å². The number of rotatable bonds is 9. The van der Waals surface area contributed by atoms with E-state index in [1.165, 1.54) is 11.8 Å². The van der Waals surface area contributed by atoms with Crippen molar-refractivity contribution in [1.82, 2.24) is 5.43 Å². The summed E-state index contributed by atoms with van der Waals surface area (Å²) in [6, 6.07) is 23.2. The summed E-state index contributed by atoms with van der Waals surface area (Å²) in [5.41, 5.74) is 5.35. The Morgan fingerprint density at radius 3 is 2.40 bits per heavy atom. The number of hydrazone groups is 1. The van der Waals surface area contributed by atoms with E-state index < -0.39 is 0 Å². The molecule has 0 atom stereocenters. The van der Waals surface area contributed by atoms with Crippen LogP contribution in [0.1, 0.15) is 16.7 Å². The molecule has 1 amide bonds. The standard InChI is InChI=1S/C24H24N2O4/c1-28-22-14-8-12-20(24(22)29-2)16-25-26-23(27)17-30-21-13-7-6-11-19(21)15-18-9-4-3-5-10-18/h3-14,16H,15,17H2,1-2H3,(H,26,27)/b25-16-. The molecule has 0 saturated heterocycles. The average Bonchev–Trinajstić information content (AvgIpc) is 2.79. The summed E-state index contributed by atoms with van der Waals surface area (Å²) in [6.07, 6.45) is 2.23. The highest BCUT2D eigenvalue weighted by molar-refractivity contribution is 5.86. The lowest BCUT2D eigenvalue weighted by Crippen LogP contribution is -2.24. The summed E-state index contributed by atoms with van der Waals surface area (Å²) in [6.45, 7) is -0.140. The highest BCUT2D eigenvalue weighted by Crippen LogP contribution is 2.29. The van der Waals surface area contributed by atoms with Gasteiger partial charge >= 0.3 is 0 Å². The van der Waals surface area contributed by atoms with E-state index in [9.17, 15) is 4.79 Å². The molecule has 1 N–H and O–H groups in total. The lowest BCUT2D eigenvalue weighted by atomic mass is 10.0. The van der Waals surface area contributed by atoms with E-state index in [0.29, 0.717) is 22.8 Å². The van der Waals surface area contributed by atoms with Gasteiger partial charge in [0.05, 0.1) is 20.4 Å². The van der Waals surface area contributed by atoms with Gasteiger partial charge in [-0.15, -0.1) is 0 Å². The zero-order chi connectivity index (χ0) is 21.2. The van der Waals surface area contributed by atoms with Crippen LogP contribution >= 0.6 is 0 Å². The number of para-hydroxylation sites is 2. The fourth-order valence-electron chi connectivity index (χ4n) is 2.97. The Morgan fingerprint density at radius 1 is 0.900 bits per heavy atom. The first kappa shape index (κ1) is 20.9. The molecule has 3 rings (SSSR count). The first-order chi connectivity index (χ1) is 14.7. The highest BCUT2D eigenvalue weighted by Gasteiger charge is 2.09. The minimum atomic E-state index is -0.359. The molecule has 30 heavy (non-hydrogen) atoms. The van der Waals surface area contributed by atoms with Crippen molar-refractivity contribution in [2.24, 2.45) is 5.10 Å². The van der Waals surface area contributed by atoms with Crippen LogP contribution in [0.2, 0.25) is 0 Å². The number of nitrogens with zero attached hydrogens (tertiary/aromatic N) is 1. The minimum Gasteiger partial charge on any atom is -0.493 e. The smallest absolute Gasteiger partial charge is 0.277 e. The van der Waals surface area contributed by atoms with Crippen LogP contribution in [0.5, 0.6) is 17.2 Å². The van der Waals surface area contributed by atoms with Crippen LogP contribution in [0, 0.1) is 0 Å². The summed E-state index contributed by atoms with van der Waals surface area (Å²) in [4.78, 5) is 12.1. The summed E-state index contributed by atoms with van der Waals surface area (Å²) in [5.74, 6) is 1.45. The lowest BCUT2D eigenvalue weighted by molar-refractivity contribution is -0.123. The Hall–Kier alpha value is -3.80. The van der Waals surface area contributed by atoms with Crippen molar-refractivity contribution in [3.8, 4) is 17.2 Å². The van der Waals surface area contributed by atoms with Gasteiger partial charge in [-0.3, -0.25) is 4.79 Å². The predicted molar refractivity (Wildman–Crippen MR) is 116 cm³/mol. The number of carbonyl (C=O) groups excluding carboxylic acids is 1. The van der Waals surface area contributed by atoms with Gasteiger partial charge in [-0.05, 0) is 29.3 Å². The largest absolute Gasteiger partial charge is 0.493 e. The van der Waals surface area contributed by atoms with Crippen molar-refractivity contribution >= 4 is 12.1 Å². The van der Waals surface area contributed by atoms with Crippen LogP contribution in [0.15, 0.2) is 77.9 Å². The molecular formula is C24H24N2O4. The molecule has 0 unspecified atom stereocenters. The molecule has 0 radical (unpaired) electrons. The topological polar surface area (TPSA) is 69.2 Å². The zero-order valence-corrected chi connectivity index (χ0v) is 17.0. The molecule has 0 aromatic heterocycles. The van der Waals surface area contributed by atoms with Gasteiger partial charge in [0, 0.05) is 12.0 Å². The Morgan fingerprint density at radius 2 is 1.63 bits per heavy atom. The van der Waals surface area contributed by atoms with Gasteiger partial charge in [-0.2, -0.15) is 5.10 Å². The number of hydrogen-bond acceptors (Lipinski definition) is 5. The SMILES string of the molecule is COc1cccc(/C=N\NC(=O)COc2ccccc2Cc2ccccc2)c1OC. The third kappa shape index (κ3) is 5.61. The van der Waals surface area contributed by atoms with Crippen molar-refractivity contribution in [1.29, 1.82) is 0 Å². The van der Waals surface area contributed by atoms with Crippen LogP contribution in [0.4, 0.5) is 0 Å². The van der Waals surface area contributed by atoms with Crippen molar-refractivity contribution in [2.45, 2.75) is 6.42 Å². The second-order valence-electron chi connectivity index (χ2n) is 6.43. The van der Waals surface area contributed by atoms with Gasteiger partial charge < -0.3 is 14.2 Å². The Balaban J connectivity index is 1.58. The highest BCUT2D eigenvalue weighted by atomic mass is 16.5. The third-order valence-electron chi connectivity index (χ3n) is 4.40. The van der Waals surface area contributed by atoms with Crippen LogP contribution in [-0.2, 0) is 11.2 Å². The number of benzene rings is 3. The maximum Gasteiger partial charge on any atom is 0.277 e. The molecule has 0 spiro atoms. The van der Waals surface area contributed by atoms with Gasteiger partial charge in [0.1, 0.15) is 5.75 Å². The number of ether oxygens (including phenoxy) is 3. The van der Waals surface area contributed by atoms with Gasteiger partial charge in [0.2, 0.25) is 0 Å². The number of amides is 1. The first-order valence-electron chi connectivity index (χ1n) is 9.48. The summed E-state index contributed by atoms with van der Waals surface area (Å²) < 4.78 is 16.3. The number of carbonyl (C=O) groups is 1. The van der Waals surface area contributed by atoms with Crippen molar-refractivity contribution in [3.63, 3.8) is 0 Å². The molecule has 0 aliphatic carbocycles. The van der Waals surface area contributed by atoms with Crippen LogP contribution in [0.25, 0.3) is 0 Å². The second kappa shape index (κ2) is 10.7. The van der Waals surface area contributed by atoms with Gasteiger partial charge in [-0.1, -0.05) is 54.6 Å². The van der Waals surface area contributed by atoms with Crippen LogP contribution in [-0.4, -0.2) is 32.9 Å². The quantitative estimate of drug-likeness (QED) is 0.435. The van der Waals surface area contributed by atoms with Crippen LogP contribution in [0.3, 0.4) is 0 Å². The summed E-state index contributed by atoms with van der Waals surface area (Å²) in [7, 11) is 3.11. The lowest BCUT2D eigenvalue weighted by Gasteiger charge is -2.11. The van der Waals surface area contributed by atoms with E-state index >= 15 is 0 Å². The molecule has 0 aliphatic heterocycles. The normalized spacial score (nSPS) is 10.6. The average molecular weight is 404 g/mol. The van der Waals surface area contributed by atoms with E-state index in [1.54, 1.807) is 20.3 Å². The molecule has 0 bridgehead atoms. The number of hydrogen-bond donors (Lipinski definition) is 1. The predicted octanol–water partition coefficient (Wildman–Crippen LogP) is 3.82. The monoisotopic (exact) mass is 404 g/mol. The van der Waals surface area contributed by atoms with E-state index in [1.807, 2.05) is 54.6 Å². The molecular weight excluding hydrogens is 380 g/mol. The minimum absolute atomic E-state index is 0.140. The molecule has 6 heteroatoms. The van der Waals surface area contributed by atoms with E-state index in [4.69, 9.17) is 14.2 Å².